The fourth-order valence-electron chi connectivity index (χ4n) is 1.96. The molecular formula is C11H11NO2S. The molecule has 0 radical (unpaired) electrons. The first-order valence-electron chi connectivity index (χ1n) is 5.06. The molecular weight excluding hydrogens is 210 g/mol. The van der Waals surface area contributed by atoms with E-state index in [2.05, 4.69) is 4.98 Å². The van der Waals surface area contributed by atoms with Crippen LogP contribution in [0.3, 0.4) is 0 Å². The Hall–Kier alpha value is -1.29. The van der Waals surface area contributed by atoms with Gasteiger partial charge in [-0.05, 0) is 18.9 Å². The quantitative estimate of drug-likeness (QED) is 0.781. The molecule has 1 atom stereocenters. The fraction of sp³-hybridized carbons (Fsp3) is 0.364. The van der Waals surface area contributed by atoms with Crippen LogP contribution in [0.1, 0.15) is 30.3 Å². The summed E-state index contributed by atoms with van der Waals surface area (Å²) in [7, 11) is 0. The molecule has 1 unspecified atom stereocenters. The minimum Gasteiger partial charge on any atom is -0.469 e. The highest BCUT2D eigenvalue weighted by atomic mass is 32.1. The highest BCUT2D eigenvalue weighted by Crippen LogP contribution is 2.34. The van der Waals surface area contributed by atoms with Gasteiger partial charge in [0.05, 0.1) is 6.26 Å². The predicted octanol–water partition coefficient (Wildman–Crippen LogP) is 3.19. The van der Waals surface area contributed by atoms with E-state index in [0.717, 1.165) is 30.2 Å². The summed E-state index contributed by atoms with van der Waals surface area (Å²) in [5, 5.41) is 2.67. The van der Waals surface area contributed by atoms with Gasteiger partial charge in [0.1, 0.15) is 11.9 Å². The van der Waals surface area contributed by atoms with E-state index in [-0.39, 0.29) is 6.10 Å². The summed E-state index contributed by atoms with van der Waals surface area (Å²) >= 11 is 1.53. The molecule has 2 aromatic rings. The normalized spacial score (nSPS) is 19.9. The summed E-state index contributed by atoms with van der Waals surface area (Å²) in [5.41, 5.74) is 1.19. The molecule has 0 saturated carbocycles. The highest BCUT2D eigenvalue weighted by molar-refractivity contribution is 7.11. The molecule has 3 rings (SSSR count). The van der Waals surface area contributed by atoms with Gasteiger partial charge >= 0.3 is 0 Å². The molecule has 3 nitrogen and oxygen atoms in total. The zero-order chi connectivity index (χ0) is 10.1. The van der Waals surface area contributed by atoms with Gasteiger partial charge in [-0.25, -0.2) is 4.98 Å². The molecule has 1 aliphatic rings. The van der Waals surface area contributed by atoms with Gasteiger partial charge in [-0.2, -0.15) is 0 Å². The molecule has 2 heterocycles. The molecule has 1 aliphatic carbocycles. The van der Waals surface area contributed by atoms with E-state index in [1.807, 2.05) is 11.4 Å². The molecule has 0 saturated heterocycles. The van der Waals surface area contributed by atoms with Gasteiger partial charge in [0.15, 0.2) is 0 Å². The monoisotopic (exact) mass is 221 g/mol. The summed E-state index contributed by atoms with van der Waals surface area (Å²) < 4.78 is 11.2. The second kappa shape index (κ2) is 3.70. The SMILES string of the molecule is c1csc(OC2CCCc3occc32)n1. The maximum absolute atomic E-state index is 5.83. The third-order valence-corrected chi connectivity index (χ3v) is 3.31. The minimum atomic E-state index is 0.124. The Labute approximate surface area is 91.7 Å². The number of hydrogen-bond acceptors (Lipinski definition) is 4. The molecule has 0 fully saturated rings. The van der Waals surface area contributed by atoms with Crippen molar-refractivity contribution in [1.82, 2.24) is 4.98 Å². The average molecular weight is 221 g/mol. The van der Waals surface area contributed by atoms with Crippen molar-refractivity contribution in [2.75, 3.05) is 0 Å². The largest absolute Gasteiger partial charge is 0.469 e. The van der Waals surface area contributed by atoms with E-state index in [0.29, 0.717) is 0 Å². The first kappa shape index (κ1) is 8.97. The van der Waals surface area contributed by atoms with Gasteiger partial charge in [0, 0.05) is 23.6 Å². The van der Waals surface area contributed by atoms with Crippen LogP contribution >= 0.6 is 11.3 Å². The number of thiazole rings is 1. The summed E-state index contributed by atoms with van der Waals surface area (Å²) in [6.07, 6.45) is 6.83. The Bertz CT molecular complexity index is 435. The van der Waals surface area contributed by atoms with Crippen LogP contribution in [-0.4, -0.2) is 4.98 Å². The van der Waals surface area contributed by atoms with Gasteiger partial charge in [0.2, 0.25) is 0 Å². The number of rotatable bonds is 2. The van der Waals surface area contributed by atoms with Crippen LogP contribution in [0.25, 0.3) is 0 Å². The number of fused-ring (bicyclic) bond motifs is 1. The summed E-state index contributed by atoms with van der Waals surface area (Å²) in [5.74, 6) is 1.07. The van der Waals surface area contributed by atoms with Crippen molar-refractivity contribution in [1.29, 1.82) is 0 Å². The Morgan fingerprint density at radius 2 is 2.53 bits per heavy atom. The summed E-state index contributed by atoms with van der Waals surface area (Å²) in [6.45, 7) is 0. The molecule has 0 bridgehead atoms. The van der Waals surface area contributed by atoms with Crippen molar-refractivity contribution in [3.05, 3.63) is 35.2 Å². The maximum Gasteiger partial charge on any atom is 0.273 e. The van der Waals surface area contributed by atoms with E-state index < -0.39 is 0 Å². The highest BCUT2D eigenvalue weighted by Gasteiger charge is 2.24. The first-order valence-corrected chi connectivity index (χ1v) is 5.94. The second-order valence-electron chi connectivity index (χ2n) is 3.60. The van der Waals surface area contributed by atoms with Crippen molar-refractivity contribution in [2.45, 2.75) is 25.4 Å². The molecule has 0 N–H and O–H groups in total. The Morgan fingerprint density at radius 1 is 1.53 bits per heavy atom. The molecule has 15 heavy (non-hydrogen) atoms. The number of nitrogens with zero attached hydrogens (tertiary/aromatic N) is 1. The lowest BCUT2D eigenvalue weighted by molar-refractivity contribution is 0.178. The number of aromatic nitrogens is 1. The van der Waals surface area contributed by atoms with Crippen molar-refractivity contribution in [3.63, 3.8) is 0 Å². The van der Waals surface area contributed by atoms with Crippen molar-refractivity contribution in [2.24, 2.45) is 0 Å². The molecule has 0 spiro atoms. The lowest BCUT2D eigenvalue weighted by Gasteiger charge is -2.21. The van der Waals surface area contributed by atoms with E-state index >= 15 is 0 Å². The van der Waals surface area contributed by atoms with E-state index in [4.69, 9.17) is 9.15 Å². The number of furan rings is 1. The summed E-state index contributed by atoms with van der Waals surface area (Å²) in [4.78, 5) is 4.13. The van der Waals surface area contributed by atoms with Crippen LogP contribution in [0.5, 0.6) is 5.19 Å². The average Bonchev–Trinajstić information content (AvgIpc) is 2.87. The van der Waals surface area contributed by atoms with E-state index in [9.17, 15) is 0 Å². The number of hydrogen-bond donors (Lipinski definition) is 0. The van der Waals surface area contributed by atoms with Gasteiger partial charge in [-0.1, -0.05) is 11.3 Å². The molecule has 4 heteroatoms. The Morgan fingerprint density at radius 3 is 3.40 bits per heavy atom. The number of ether oxygens (including phenoxy) is 1. The lowest BCUT2D eigenvalue weighted by Crippen LogP contribution is -2.13. The van der Waals surface area contributed by atoms with E-state index in [1.54, 1.807) is 12.5 Å². The van der Waals surface area contributed by atoms with Crippen molar-refractivity contribution >= 4 is 11.3 Å². The minimum absolute atomic E-state index is 0.124. The third-order valence-electron chi connectivity index (χ3n) is 2.65. The smallest absolute Gasteiger partial charge is 0.273 e. The van der Waals surface area contributed by atoms with Gasteiger partial charge in [-0.3, -0.25) is 0 Å². The summed E-state index contributed by atoms with van der Waals surface area (Å²) in [6, 6.07) is 2.01. The zero-order valence-electron chi connectivity index (χ0n) is 8.18. The molecule has 0 aliphatic heterocycles. The number of aryl methyl sites for hydroxylation is 1. The van der Waals surface area contributed by atoms with E-state index in [1.165, 1.54) is 16.9 Å². The lowest BCUT2D eigenvalue weighted by atomic mass is 9.96. The van der Waals surface area contributed by atoms with Gasteiger partial charge in [0.25, 0.3) is 5.19 Å². The molecule has 2 aromatic heterocycles. The maximum atomic E-state index is 5.83. The van der Waals surface area contributed by atoms with Crippen LogP contribution in [0.4, 0.5) is 0 Å². The molecule has 0 amide bonds. The van der Waals surface area contributed by atoms with Gasteiger partial charge in [-0.15, -0.1) is 0 Å². The van der Waals surface area contributed by atoms with Crippen LogP contribution in [-0.2, 0) is 6.42 Å². The first-order chi connectivity index (χ1) is 7.43. The van der Waals surface area contributed by atoms with Crippen LogP contribution in [0, 0.1) is 0 Å². The second-order valence-corrected chi connectivity index (χ2v) is 4.45. The fourth-order valence-corrected chi connectivity index (χ4v) is 2.49. The molecule has 0 aromatic carbocycles. The van der Waals surface area contributed by atoms with Crippen molar-refractivity contribution < 1.29 is 9.15 Å². The predicted molar refractivity (Wildman–Crippen MR) is 57.1 cm³/mol. The van der Waals surface area contributed by atoms with Crippen LogP contribution < -0.4 is 4.74 Å². The standard InChI is InChI=1S/C11H11NO2S/c1-2-9-8(4-6-13-9)10(3-1)14-11-12-5-7-15-11/h4-7,10H,1-3H2. The topological polar surface area (TPSA) is 35.3 Å². The zero-order valence-corrected chi connectivity index (χ0v) is 9.00. The van der Waals surface area contributed by atoms with Crippen LogP contribution in [0.15, 0.2) is 28.3 Å². The van der Waals surface area contributed by atoms with Gasteiger partial charge < -0.3 is 9.15 Å². The molecule has 78 valence electrons. The van der Waals surface area contributed by atoms with Crippen LogP contribution in [0.2, 0.25) is 0 Å². The van der Waals surface area contributed by atoms with Crippen molar-refractivity contribution in [3.8, 4) is 5.19 Å². The Kier molecular flexibility index (Phi) is 2.21. The third kappa shape index (κ3) is 1.65. The Balaban J connectivity index is 1.84.